The van der Waals surface area contributed by atoms with Crippen molar-refractivity contribution in [1.82, 2.24) is 4.90 Å². The summed E-state index contributed by atoms with van der Waals surface area (Å²) in [6, 6.07) is 15.4. The van der Waals surface area contributed by atoms with Gasteiger partial charge in [-0.1, -0.05) is 37.3 Å². The van der Waals surface area contributed by atoms with Crippen molar-refractivity contribution in [1.29, 1.82) is 0 Å². The van der Waals surface area contributed by atoms with Gasteiger partial charge in [-0.05, 0) is 47.6 Å². The van der Waals surface area contributed by atoms with Crippen molar-refractivity contribution in [3.8, 4) is 5.75 Å². The normalized spacial score (nSPS) is 25.0. The Bertz CT molecular complexity index is 1050. The highest BCUT2D eigenvalue weighted by molar-refractivity contribution is 7.92. The number of likely N-dealkylation sites (tertiary alicyclic amines) is 1. The summed E-state index contributed by atoms with van der Waals surface area (Å²) in [7, 11) is -1.66. The molecule has 1 saturated heterocycles. The van der Waals surface area contributed by atoms with E-state index in [0.717, 1.165) is 36.2 Å². The summed E-state index contributed by atoms with van der Waals surface area (Å²) in [5.74, 6) is 1.84. The summed E-state index contributed by atoms with van der Waals surface area (Å²) in [6.07, 6.45) is 2.30. The van der Waals surface area contributed by atoms with Gasteiger partial charge in [-0.3, -0.25) is 9.52 Å². The summed E-state index contributed by atoms with van der Waals surface area (Å²) in [5, 5.41) is 0. The summed E-state index contributed by atoms with van der Waals surface area (Å²) >= 11 is 0. The molecule has 0 aromatic heterocycles. The minimum atomic E-state index is -3.30. The molecule has 1 saturated carbocycles. The molecular weight excluding hydrogens is 400 g/mol. The SMILES string of the molecule is COc1ccccc1CCC(=O)N1CC2C(C1)C2(C)c1cccc(NS(C)(=O)=O)c1. The Morgan fingerprint density at radius 1 is 1.17 bits per heavy atom. The number of anilines is 1. The second-order valence-corrected chi connectivity index (χ2v) is 10.3. The van der Waals surface area contributed by atoms with Crippen LogP contribution in [0.1, 0.15) is 24.5 Å². The predicted molar refractivity (Wildman–Crippen MR) is 117 cm³/mol. The molecule has 2 aliphatic rings. The number of carbonyl (C=O) groups is 1. The van der Waals surface area contributed by atoms with Gasteiger partial charge in [0.15, 0.2) is 0 Å². The second kappa shape index (κ2) is 7.61. The van der Waals surface area contributed by atoms with Crippen molar-refractivity contribution in [3.05, 3.63) is 59.7 Å². The Morgan fingerprint density at radius 2 is 1.87 bits per heavy atom. The zero-order valence-electron chi connectivity index (χ0n) is 17.6. The van der Waals surface area contributed by atoms with Gasteiger partial charge in [0.05, 0.1) is 13.4 Å². The second-order valence-electron chi connectivity index (χ2n) is 8.56. The number of carbonyl (C=O) groups excluding carboxylic acids is 1. The highest BCUT2D eigenvalue weighted by Crippen LogP contribution is 2.63. The van der Waals surface area contributed by atoms with Crippen LogP contribution in [0.3, 0.4) is 0 Å². The maximum atomic E-state index is 12.8. The molecule has 6 nitrogen and oxygen atoms in total. The van der Waals surface area contributed by atoms with Crippen molar-refractivity contribution in [2.45, 2.75) is 25.2 Å². The third kappa shape index (κ3) is 3.90. The number of nitrogens with zero attached hydrogens (tertiary/aromatic N) is 1. The van der Waals surface area contributed by atoms with Crippen molar-refractivity contribution < 1.29 is 17.9 Å². The number of piperidine rings is 1. The van der Waals surface area contributed by atoms with Crippen LogP contribution in [0.2, 0.25) is 0 Å². The first-order valence-corrected chi connectivity index (χ1v) is 12.1. The summed E-state index contributed by atoms with van der Waals surface area (Å²) in [6.45, 7) is 3.74. The lowest BCUT2D eigenvalue weighted by molar-refractivity contribution is -0.130. The Labute approximate surface area is 178 Å². The van der Waals surface area contributed by atoms with Gasteiger partial charge in [0.2, 0.25) is 15.9 Å². The van der Waals surface area contributed by atoms with Crippen LogP contribution in [0.15, 0.2) is 48.5 Å². The number of hydrogen-bond donors (Lipinski definition) is 1. The number of benzene rings is 2. The summed E-state index contributed by atoms with van der Waals surface area (Å²) in [5.41, 5.74) is 2.77. The van der Waals surface area contributed by atoms with Crippen molar-refractivity contribution >= 4 is 21.6 Å². The van der Waals surface area contributed by atoms with E-state index in [1.165, 1.54) is 0 Å². The first-order valence-electron chi connectivity index (χ1n) is 10.2. The van der Waals surface area contributed by atoms with Crippen molar-refractivity contribution in [2.75, 3.05) is 31.2 Å². The number of ether oxygens (including phenoxy) is 1. The third-order valence-corrected chi connectivity index (χ3v) is 7.30. The lowest BCUT2D eigenvalue weighted by atomic mass is 9.92. The van der Waals surface area contributed by atoms with Gasteiger partial charge < -0.3 is 9.64 Å². The monoisotopic (exact) mass is 428 g/mol. The molecule has 30 heavy (non-hydrogen) atoms. The highest BCUT2D eigenvalue weighted by atomic mass is 32.2. The fourth-order valence-corrected chi connectivity index (χ4v) is 5.51. The fourth-order valence-electron chi connectivity index (χ4n) is 4.95. The molecule has 1 N–H and O–H groups in total. The number of methoxy groups -OCH3 is 1. The number of hydrogen-bond acceptors (Lipinski definition) is 4. The van der Waals surface area contributed by atoms with E-state index in [1.54, 1.807) is 13.2 Å². The number of rotatable bonds is 7. The molecule has 0 radical (unpaired) electrons. The van der Waals surface area contributed by atoms with E-state index in [0.29, 0.717) is 30.4 Å². The van der Waals surface area contributed by atoms with Crippen LogP contribution in [0.4, 0.5) is 5.69 Å². The van der Waals surface area contributed by atoms with Gasteiger partial charge in [-0.2, -0.15) is 0 Å². The smallest absolute Gasteiger partial charge is 0.229 e. The van der Waals surface area contributed by atoms with E-state index >= 15 is 0 Å². The van der Waals surface area contributed by atoms with Gasteiger partial charge >= 0.3 is 0 Å². The fraction of sp³-hybridized carbons (Fsp3) is 0.435. The number of amides is 1. The molecule has 2 fully saturated rings. The molecule has 1 aliphatic carbocycles. The molecule has 0 bridgehead atoms. The minimum Gasteiger partial charge on any atom is -0.496 e. The lowest BCUT2D eigenvalue weighted by Crippen LogP contribution is -2.34. The van der Waals surface area contributed by atoms with Crippen LogP contribution in [0.25, 0.3) is 0 Å². The Hall–Kier alpha value is -2.54. The van der Waals surface area contributed by atoms with Crippen LogP contribution in [-0.2, 0) is 26.7 Å². The van der Waals surface area contributed by atoms with E-state index in [2.05, 4.69) is 17.7 Å². The molecule has 0 spiro atoms. The molecule has 2 atom stereocenters. The van der Waals surface area contributed by atoms with Crippen molar-refractivity contribution in [2.24, 2.45) is 11.8 Å². The van der Waals surface area contributed by atoms with E-state index in [9.17, 15) is 13.2 Å². The molecule has 4 rings (SSSR count). The zero-order chi connectivity index (χ0) is 21.5. The average Bonchev–Trinajstić information content (AvgIpc) is 3.05. The lowest BCUT2D eigenvalue weighted by Gasteiger charge is -2.25. The molecule has 160 valence electrons. The largest absolute Gasteiger partial charge is 0.496 e. The number of nitrogens with one attached hydrogen (secondary N) is 1. The molecule has 1 heterocycles. The van der Waals surface area contributed by atoms with Gasteiger partial charge in [0, 0.05) is 30.6 Å². The molecule has 2 unspecified atom stereocenters. The maximum absolute atomic E-state index is 12.8. The molecule has 1 amide bonds. The van der Waals surface area contributed by atoms with Crippen LogP contribution in [0, 0.1) is 11.8 Å². The molecule has 2 aromatic carbocycles. The third-order valence-electron chi connectivity index (χ3n) is 6.69. The van der Waals surface area contributed by atoms with Gasteiger partial charge in [-0.25, -0.2) is 8.42 Å². The standard InChI is InChI=1S/C23H28N2O4S/c1-23(17-8-6-9-18(13-17)24-30(3,27)28)19-14-25(15-20(19)23)22(26)12-11-16-7-4-5-10-21(16)29-2/h4-10,13,19-20,24H,11-12,14-15H2,1-3H3. The first-order chi connectivity index (χ1) is 14.2. The van der Waals surface area contributed by atoms with E-state index in [1.807, 2.05) is 41.3 Å². The van der Waals surface area contributed by atoms with Gasteiger partial charge in [0.25, 0.3) is 0 Å². The van der Waals surface area contributed by atoms with Crippen LogP contribution in [-0.4, -0.2) is 45.7 Å². The van der Waals surface area contributed by atoms with Crippen LogP contribution < -0.4 is 9.46 Å². The summed E-state index contributed by atoms with van der Waals surface area (Å²) < 4.78 is 31.0. The van der Waals surface area contributed by atoms with Gasteiger partial charge in [-0.15, -0.1) is 0 Å². The minimum absolute atomic E-state index is 0.00533. The van der Waals surface area contributed by atoms with E-state index in [4.69, 9.17) is 4.74 Å². The molecule has 7 heteroatoms. The van der Waals surface area contributed by atoms with E-state index < -0.39 is 10.0 Å². The molecule has 2 aromatic rings. The van der Waals surface area contributed by atoms with Crippen LogP contribution in [0.5, 0.6) is 5.75 Å². The van der Waals surface area contributed by atoms with Gasteiger partial charge in [0.1, 0.15) is 5.75 Å². The predicted octanol–water partition coefficient (Wildman–Crippen LogP) is 3.05. The zero-order valence-corrected chi connectivity index (χ0v) is 18.4. The maximum Gasteiger partial charge on any atom is 0.229 e. The number of aryl methyl sites for hydroxylation is 1. The number of sulfonamides is 1. The Morgan fingerprint density at radius 3 is 2.53 bits per heavy atom. The Balaban J connectivity index is 1.37. The Kier molecular flexibility index (Phi) is 5.26. The quantitative estimate of drug-likeness (QED) is 0.736. The topological polar surface area (TPSA) is 75.7 Å². The molecular formula is C23H28N2O4S. The number of fused-ring (bicyclic) bond motifs is 1. The van der Waals surface area contributed by atoms with Crippen LogP contribution >= 0.6 is 0 Å². The van der Waals surface area contributed by atoms with E-state index in [-0.39, 0.29) is 11.3 Å². The van der Waals surface area contributed by atoms with Crippen molar-refractivity contribution in [3.63, 3.8) is 0 Å². The first kappa shape index (κ1) is 20.7. The average molecular weight is 429 g/mol. The molecule has 1 aliphatic heterocycles. The highest BCUT2D eigenvalue weighted by Gasteiger charge is 2.66. The number of para-hydroxylation sites is 1. The summed E-state index contributed by atoms with van der Waals surface area (Å²) in [4.78, 5) is 14.7.